The first-order valence-corrected chi connectivity index (χ1v) is 14.6. The minimum atomic E-state index is -3.73. The molecule has 8 nitrogen and oxygen atoms in total. The topological polar surface area (TPSA) is 82.4 Å². The van der Waals surface area contributed by atoms with Gasteiger partial charge in [0, 0.05) is 25.5 Å². The van der Waals surface area contributed by atoms with Gasteiger partial charge in [-0.1, -0.05) is 19.9 Å². The molecule has 39 heavy (non-hydrogen) atoms. The Labute approximate surface area is 231 Å². The number of nitrogens with zero attached hydrogens (tertiary/aromatic N) is 3. The molecule has 0 bridgehead atoms. The maximum Gasteiger partial charge on any atom is 0.209 e. The van der Waals surface area contributed by atoms with Crippen LogP contribution in [0.25, 0.3) is 5.52 Å². The van der Waals surface area contributed by atoms with E-state index in [1.54, 1.807) is 67.5 Å². The fourth-order valence-electron chi connectivity index (χ4n) is 4.53. The molecule has 0 saturated carbocycles. The number of benzene rings is 2. The van der Waals surface area contributed by atoms with Crippen molar-refractivity contribution in [3.63, 3.8) is 0 Å². The van der Waals surface area contributed by atoms with Gasteiger partial charge in [-0.25, -0.2) is 12.9 Å². The van der Waals surface area contributed by atoms with Gasteiger partial charge in [-0.15, -0.1) is 0 Å². The van der Waals surface area contributed by atoms with Gasteiger partial charge in [0.2, 0.25) is 9.84 Å². The molecule has 4 aromatic rings. The van der Waals surface area contributed by atoms with Crippen molar-refractivity contribution in [2.75, 3.05) is 41.0 Å². The van der Waals surface area contributed by atoms with E-state index in [0.29, 0.717) is 22.8 Å². The quantitative estimate of drug-likeness (QED) is 0.210. The summed E-state index contributed by atoms with van der Waals surface area (Å²) in [5.74, 6) is 2.16. The van der Waals surface area contributed by atoms with Crippen LogP contribution in [0.4, 0.5) is 0 Å². The Morgan fingerprint density at radius 2 is 1.72 bits per heavy atom. The van der Waals surface area contributed by atoms with E-state index in [0.717, 1.165) is 43.0 Å². The van der Waals surface area contributed by atoms with Crippen LogP contribution in [0.1, 0.15) is 37.3 Å². The van der Waals surface area contributed by atoms with Crippen LogP contribution >= 0.6 is 0 Å². The van der Waals surface area contributed by atoms with Crippen molar-refractivity contribution in [2.24, 2.45) is 0 Å². The van der Waals surface area contributed by atoms with E-state index in [4.69, 9.17) is 14.2 Å². The first kappa shape index (κ1) is 28.4. The average Bonchev–Trinajstić information content (AvgIpc) is 3.35. The smallest absolute Gasteiger partial charge is 0.209 e. The molecule has 208 valence electrons. The monoisotopic (exact) mass is 551 g/mol. The third-order valence-corrected chi connectivity index (χ3v) is 8.62. The van der Waals surface area contributed by atoms with E-state index < -0.39 is 9.84 Å². The third-order valence-electron chi connectivity index (χ3n) is 6.74. The number of hydrogen-bond donors (Lipinski definition) is 0. The molecule has 0 N–H and O–H groups in total. The van der Waals surface area contributed by atoms with E-state index in [2.05, 4.69) is 23.1 Å². The highest BCUT2D eigenvalue weighted by Crippen LogP contribution is 2.34. The summed E-state index contributed by atoms with van der Waals surface area (Å²) in [6, 6.07) is 16.2. The first-order chi connectivity index (χ1) is 18.7. The molecule has 0 amide bonds. The number of fused-ring (bicyclic) bond motifs is 1. The standard InChI is InChI=1S/C30H37N3O5S/c1-22(2)26-21-33-27(8-6-16-31-33)30(26)39(34,35)25-12-10-24(11-13-25)38-19-7-17-32(3)18-15-23-9-14-28(36-4)29(20-23)37-5/h6,8-14,16,20-22H,7,15,17-19H2,1-5H3. The molecule has 0 radical (unpaired) electrons. The summed E-state index contributed by atoms with van der Waals surface area (Å²) in [7, 11) is 1.64. The second kappa shape index (κ2) is 12.5. The van der Waals surface area contributed by atoms with Crippen LogP contribution in [0, 0.1) is 0 Å². The van der Waals surface area contributed by atoms with E-state index in [9.17, 15) is 8.42 Å². The van der Waals surface area contributed by atoms with Crippen molar-refractivity contribution in [1.29, 1.82) is 0 Å². The van der Waals surface area contributed by atoms with Gasteiger partial charge in [0.25, 0.3) is 0 Å². The van der Waals surface area contributed by atoms with Crippen molar-refractivity contribution in [1.82, 2.24) is 14.5 Å². The molecule has 0 aliphatic carbocycles. The van der Waals surface area contributed by atoms with Crippen molar-refractivity contribution in [3.8, 4) is 17.2 Å². The van der Waals surface area contributed by atoms with E-state index >= 15 is 0 Å². The van der Waals surface area contributed by atoms with E-state index in [1.807, 2.05) is 26.0 Å². The van der Waals surface area contributed by atoms with Gasteiger partial charge < -0.3 is 19.1 Å². The third kappa shape index (κ3) is 6.54. The van der Waals surface area contributed by atoms with Gasteiger partial charge in [-0.3, -0.25) is 0 Å². The molecule has 4 rings (SSSR count). The molecule has 0 spiro atoms. The maximum absolute atomic E-state index is 13.6. The van der Waals surface area contributed by atoms with Gasteiger partial charge in [-0.2, -0.15) is 5.10 Å². The first-order valence-electron chi connectivity index (χ1n) is 13.1. The summed E-state index contributed by atoms with van der Waals surface area (Å²) >= 11 is 0. The Bertz CT molecular complexity index is 1500. The highest BCUT2D eigenvalue weighted by Gasteiger charge is 2.27. The largest absolute Gasteiger partial charge is 0.494 e. The van der Waals surface area contributed by atoms with Crippen molar-refractivity contribution >= 4 is 15.4 Å². The molecule has 0 atom stereocenters. The highest BCUT2D eigenvalue weighted by atomic mass is 32.2. The van der Waals surface area contributed by atoms with Gasteiger partial charge >= 0.3 is 0 Å². The van der Waals surface area contributed by atoms with E-state index in [1.165, 1.54) is 5.56 Å². The zero-order valence-corrected chi connectivity index (χ0v) is 24.1. The number of sulfone groups is 1. The predicted octanol–water partition coefficient (Wildman–Crippen LogP) is 5.25. The minimum Gasteiger partial charge on any atom is -0.494 e. The Hall–Kier alpha value is -3.56. The van der Waals surface area contributed by atoms with E-state index in [-0.39, 0.29) is 10.8 Å². The normalized spacial score (nSPS) is 11.9. The number of ether oxygens (including phenoxy) is 3. The molecule has 0 saturated heterocycles. The zero-order chi connectivity index (χ0) is 28.0. The van der Waals surface area contributed by atoms with Crippen LogP contribution in [-0.2, 0) is 16.3 Å². The molecule has 0 unspecified atom stereocenters. The second-order valence-electron chi connectivity index (χ2n) is 9.84. The van der Waals surface area contributed by atoms with Crippen LogP contribution in [0.3, 0.4) is 0 Å². The second-order valence-corrected chi connectivity index (χ2v) is 11.7. The Morgan fingerprint density at radius 1 is 0.974 bits per heavy atom. The summed E-state index contributed by atoms with van der Waals surface area (Å²) in [6.45, 7) is 6.30. The molecular formula is C30H37N3O5S. The van der Waals surface area contributed by atoms with Gasteiger partial charge in [0.15, 0.2) is 11.5 Å². The van der Waals surface area contributed by atoms with Crippen molar-refractivity contribution in [3.05, 3.63) is 78.1 Å². The molecule has 2 aromatic heterocycles. The number of aromatic nitrogens is 2. The lowest BCUT2D eigenvalue weighted by molar-refractivity contribution is 0.264. The lowest BCUT2D eigenvalue weighted by Crippen LogP contribution is -2.23. The predicted molar refractivity (Wildman–Crippen MR) is 152 cm³/mol. The average molecular weight is 552 g/mol. The Kier molecular flexibility index (Phi) is 9.14. The molecular weight excluding hydrogens is 514 g/mol. The molecule has 9 heteroatoms. The molecule has 2 heterocycles. The minimum absolute atomic E-state index is 0.0382. The summed E-state index contributed by atoms with van der Waals surface area (Å²) in [6.07, 6.45) is 5.20. The van der Waals surface area contributed by atoms with Gasteiger partial charge in [0.1, 0.15) is 10.6 Å². The highest BCUT2D eigenvalue weighted by molar-refractivity contribution is 7.91. The van der Waals surface area contributed by atoms with Gasteiger partial charge in [-0.05, 0) is 85.5 Å². The maximum atomic E-state index is 13.6. The lowest BCUT2D eigenvalue weighted by atomic mass is 10.1. The SMILES string of the molecule is COc1ccc(CCN(C)CCCOc2ccc(S(=O)(=O)c3c(C(C)C)cn4ncccc34)cc2)cc1OC. The Morgan fingerprint density at radius 3 is 2.41 bits per heavy atom. The fourth-order valence-corrected chi connectivity index (χ4v) is 6.30. The summed E-state index contributed by atoms with van der Waals surface area (Å²) in [4.78, 5) is 2.82. The number of rotatable bonds is 13. The molecule has 0 fully saturated rings. The van der Waals surface area contributed by atoms with Gasteiger partial charge in [0.05, 0.1) is 31.2 Å². The summed E-state index contributed by atoms with van der Waals surface area (Å²) < 4.78 is 45.4. The zero-order valence-electron chi connectivity index (χ0n) is 23.3. The van der Waals surface area contributed by atoms with Crippen LogP contribution in [0.5, 0.6) is 17.2 Å². The summed E-state index contributed by atoms with van der Waals surface area (Å²) in [5.41, 5.74) is 2.52. The fraction of sp³-hybridized carbons (Fsp3) is 0.367. The van der Waals surface area contributed by atoms with Crippen molar-refractivity contribution in [2.45, 2.75) is 42.4 Å². The molecule has 2 aromatic carbocycles. The molecule has 0 aliphatic heterocycles. The number of hydrogen-bond acceptors (Lipinski definition) is 7. The lowest BCUT2D eigenvalue weighted by Gasteiger charge is -2.17. The number of methoxy groups -OCH3 is 2. The van der Waals surface area contributed by atoms with Crippen LogP contribution in [0.2, 0.25) is 0 Å². The van der Waals surface area contributed by atoms with Crippen LogP contribution in [0.15, 0.2) is 76.8 Å². The Balaban J connectivity index is 1.31. The number of likely N-dealkylation sites (N-methyl/N-ethyl adjacent to an activating group) is 1. The summed E-state index contributed by atoms with van der Waals surface area (Å²) in [5, 5.41) is 4.28. The van der Waals surface area contributed by atoms with Crippen LogP contribution < -0.4 is 14.2 Å². The van der Waals surface area contributed by atoms with Crippen LogP contribution in [-0.4, -0.2) is 63.9 Å². The molecule has 0 aliphatic rings. The van der Waals surface area contributed by atoms with Crippen molar-refractivity contribution < 1.29 is 22.6 Å².